The number of aromatic nitrogens is 4. The van der Waals surface area contributed by atoms with Crippen LogP contribution in [0.5, 0.6) is 0 Å². The van der Waals surface area contributed by atoms with E-state index in [4.69, 9.17) is 9.47 Å². The molecule has 0 unspecified atom stereocenters. The number of nitrogens with one attached hydrogen (secondary N) is 2. The van der Waals surface area contributed by atoms with Crippen LogP contribution in [0.4, 0.5) is 17.5 Å². The highest BCUT2D eigenvalue weighted by molar-refractivity contribution is 5.84. The second-order valence-electron chi connectivity index (χ2n) is 6.40. The van der Waals surface area contributed by atoms with Gasteiger partial charge in [0, 0.05) is 19.8 Å². The van der Waals surface area contributed by atoms with E-state index in [0.29, 0.717) is 22.9 Å². The molecule has 148 valence electrons. The minimum Gasteiger partial charge on any atom is -0.394 e. The Hall–Kier alpha value is -2.79. The van der Waals surface area contributed by atoms with Crippen molar-refractivity contribution in [2.24, 2.45) is 0 Å². The number of aliphatic hydroxyl groups excluding tert-OH is 2. The van der Waals surface area contributed by atoms with Gasteiger partial charge in [-0.05, 0) is 12.1 Å². The maximum absolute atomic E-state index is 10.6. The number of imidazole rings is 1. The molecule has 0 bridgehead atoms. The van der Waals surface area contributed by atoms with Gasteiger partial charge in [0.2, 0.25) is 5.95 Å². The topological polar surface area (TPSA) is 127 Å². The summed E-state index contributed by atoms with van der Waals surface area (Å²) in [6.07, 6.45) is -1.54. The fourth-order valence-corrected chi connectivity index (χ4v) is 3.37. The van der Waals surface area contributed by atoms with Crippen molar-refractivity contribution < 1.29 is 19.7 Å². The molecule has 4 N–H and O–H groups in total. The number of aliphatic hydroxyl groups is 2. The van der Waals surface area contributed by atoms with Crippen LogP contribution in [0.3, 0.4) is 0 Å². The van der Waals surface area contributed by atoms with Crippen LogP contribution in [0, 0.1) is 0 Å². The Morgan fingerprint density at radius 2 is 2.04 bits per heavy atom. The van der Waals surface area contributed by atoms with Crippen LogP contribution < -0.4 is 10.6 Å². The van der Waals surface area contributed by atoms with E-state index in [1.54, 1.807) is 11.6 Å². The van der Waals surface area contributed by atoms with Crippen LogP contribution in [0.2, 0.25) is 0 Å². The summed E-state index contributed by atoms with van der Waals surface area (Å²) >= 11 is 0. The molecule has 1 aromatic carbocycles. The summed E-state index contributed by atoms with van der Waals surface area (Å²) in [6, 6.07) is 9.55. The molecular weight excluding hydrogens is 364 g/mol. The maximum Gasteiger partial charge on any atom is 0.231 e. The van der Waals surface area contributed by atoms with E-state index < -0.39 is 24.5 Å². The van der Waals surface area contributed by atoms with E-state index in [-0.39, 0.29) is 6.61 Å². The zero-order valence-electron chi connectivity index (χ0n) is 15.5. The minimum atomic E-state index is -0.988. The lowest BCUT2D eigenvalue weighted by atomic mass is 10.1. The average Bonchev–Trinajstić information content (AvgIpc) is 3.28. The van der Waals surface area contributed by atoms with Crippen molar-refractivity contribution in [2.45, 2.75) is 24.5 Å². The number of para-hydroxylation sites is 1. The zero-order valence-corrected chi connectivity index (χ0v) is 15.5. The van der Waals surface area contributed by atoms with Crippen LogP contribution in [-0.4, -0.2) is 68.8 Å². The smallest absolute Gasteiger partial charge is 0.231 e. The van der Waals surface area contributed by atoms with Gasteiger partial charge in [-0.25, -0.2) is 4.98 Å². The Bertz CT molecular complexity index is 950. The van der Waals surface area contributed by atoms with Gasteiger partial charge in [0.05, 0.1) is 12.9 Å². The number of hydrogen-bond acceptors (Lipinski definition) is 9. The zero-order chi connectivity index (χ0) is 19.7. The minimum absolute atomic E-state index is 0.268. The number of hydrogen-bond donors (Lipinski definition) is 4. The van der Waals surface area contributed by atoms with Crippen molar-refractivity contribution in [3.05, 3.63) is 36.7 Å². The number of ether oxygens (including phenoxy) is 2. The van der Waals surface area contributed by atoms with E-state index in [0.717, 1.165) is 5.69 Å². The summed E-state index contributed by atoms with van der Waals surface area (Å²) in [4.78, 5) is 13.4. The van der Waals surface area contributed by atoms with Gasteiger partial charge in [0.15, 0.2) is 23.2 Å². The molecule has 1 aliphatic rings. The summed E-state index contributed by atoms with van der Waals surface area (Å²) < 4.78 is 12.7. The molecule has 3 heterocycles. The third kappa shape index (κ3) is 3.16. The Balaban J connectivity index is 1.75. The molecule has 4 atom stereocenters. The van der Waals surface area contributed by atoms with E-state index in [1.807, 2.05) is 30.3 Å². The van der Waals surface area contributed by atoms with E-state index in [9.17, 15) is 10.2 Å². The first-order valence-corrected chi connectivity index (χ1v) is 8.87. The van der Waals surface area contributed by atoms with Crippen LogP contribution >= 0.6 is 0 Å². The highest BCUT2D eigenvalue weighted by Crippen LogP contribution is 2.34. The number of methoxy groups -OCH3 is 1. The molecule has 0 saturated carbocycles. The first-order chi connectivity index (χ1) is 13.7. The predicted molar refractivity (Wildman–Crippen MR) is 102 cm³/mol. The lowest BCUT2D eigenvalue weighted by molar-refractivity contribution is -0.0535. The van der Waals surface area contributed by atoms with Crippen LogP contribution in [-0.2, 0) is 9.47 Å². The standard InChI is InChI=1S/C18H22N6O4/c1-19-15-12-16(23-18(22-15)21-10-6-4-3-5-7-10)24(9-20-12)17-13(26)14(27-2)11(8-25)28-17/h3-7,9,11,13-14,17,25-26H,8H2,1-2H3,(H2,19,21,22,23)/t11-,13-,14-,17-/m1/s1. The second kappa shape index (κ2) is 7.68. The molecule has 10 nitrogen and oxygen atoms in total. The molecule has 2 aromatic heterocycles. The second-order valence-corrected chi connectivity index (χ2v) is 6.40. The number of rotatable bonds is 6. The number of fused-ring (bicyclic) bond motifs is 1. The Kier molecular flexibility index (Phi) is 5.09. The molecule has 4 rings (SSSR count). The molecule has 10 heteroatoms. The monoisotopic (exact) mass is 386 g/mol. The van der Waals surface area contributed by atoms with Gasteiger partial charge in [-0.1, -0.05) is 18.2 Å². The summed E-state index contributed by atoms with van der Waals surface area (Å²) in [6.45, 7) is -0.268. The summed E-state index contributed by atoms with van der Waals surface area (Å²) in [7, 11) is 3.22. The van der Waals surface area contributed by atoms with Gasteiger partial charge in [-0.15, -0.1) is 0 Å². The maximum atomic E-state index is 10.6. The number of benzene rings is 1. The van der Waals surface area contributed by atoms with E-state index >= 15 is 0 Å². The van der Waals surface area contributed by atoms with Crippen molar-refractivity contribution in [1.82, 2.24) is 19.5 Å². The van der Waals surface area contributed by atoms with Crippen LogP contribution in [0.25, 0.3) is 11.2 Å². The molecule has 0 aliphatic carbocycles. The Labute approximate surface area is 161 Å². The van der Waals surface area contributed by atoms with Gasteiger partial charge in [-0.3, -0.25) is 4.57 Å². The molecule has 1 fully saturated rings. The van der Waals surface area contributed by atoms with E-state index in [1.165, 1.54) is 13.4 Å². The van der Waals surface area contributed by atoms with Crippen molar-refractivity contribution in [3.8, 4) is 0 Å². The van der Waals surface area contributed by atoms with Crippen molar-refractivity contribution >= 4 is 28.6 Å². The quantitative estimate of drug-likeness (QED) is 0.488. The predicted octanol–water partition coefficient (Wildman–Crippen LogP) is 0.877. The molecule has 28 heavy (non-hydrogen) atoms. The summed E-state index contributed by atoms with van der Waals surface area (Å²) in [5, 5.41) is 26.3. The highest BCUT2D eigenvalue weighted by atomic mass is 16.6. The van der Waals surface area contributed by atoms with Crippen LogP contribution in [0.15, 0.2) is 36.7 Å². The van der Waals surface area contributed by atoms with Gasteiger partial charge in [-0.2, -0.15) is 9.97 Å². The first-order valence-electron chi connectivity index (χ1n) is 8.87. The molecule has 3 aromatic rings. The van der Waals surface area contributed by atoms with Gasteiger partial charge in [0.1, 0.15) is 18.3 Å². The van der Waals surface area contributed by atoms with Crippen LogP contribution in [0.1, 0.15) is 6.23 Å². The largest absolute Gasteiger partial charge is 0.394 e. The van der Waals surface area contributed by atoms with Gasteiger partial charge < -0.3 is 30.3 Å². The first kappa shape index (κ1) is 18.6. The summed E-state index contributed by atoms with van der Waals surface area (Å²) in [5.41, 5.74) is 1.86. The van der Waals surface area contributed by atoms with E-state index in [2.05, 4.69) is 25.6 Å². The van der Waals surface area contributed by atoms with Crippen molar-refractivity contribution in [3.63, 3.8) is 0 Å². The third-order valence-electron chi connectivity index (χ3n) is 4.72. The normalized spacial score (nSPS) is 24.6. The number of anilines is 3. The lowest BCUT2D eigenvalue weighted by Gasteiger charge is -2.18. The average molecular weight is 386 g/mol. The Morgan fingerprint density at radius 3 is 2.68 bits per heavy atom. The fourth-order valence-electron chi connectivity index (χ4n) is 3.37. The molecule has 0 amide bonds. The van der Waals surface area contributed by atoms with Crippen molar-refractivity contribution in [2.75, 3.05) is 31.4 Å². The molecule has 0 radical (unpaired) electrons. The molecule has 0 spiro atoms. The van der Waals surface area contributed by atoms with Crippen molar-refractivity contribution in [1.29, 1.82) is 0 Å². The summed E-state index contributed by atoms with van der Waals surface area (Å²) in [5.74, 6) is 0.913. The van der Waals surface area contributed by atoms with Gasteiger partial charge in [0.25, 0.3) is 0 Å². The number of nitrogens with zero attached hydrogens (tertiary/aromatic N) is 4. The fraction of sp³-hybridized carbons (Fsp3) is 0.389. The molecule has 1 saturated heterocycles. The highest BCUT2D eigenvalue weighted by Gasteiger charge is 2.45. The van der Waals surface area contributed by atoms with Gasteiger partial charge >= 0.3 is 0 Å². The Morgan fingerprint density at radius 1 is 1.25 bits per heavy atom. The third-order valence-corrected chi connectivity index (χ3v) is 4.72. The molecular formula is C18H22N6O4. The molecule has 1 aliphatic heterocycles. The lowest BCUT2D eigenvalue weighted by Crippen LogP contribution is -2.35. The SMILES string of the molecule is CNc1nc(Nc2ccccc2)nc2c1ncn2[C@@H]1O[C@H](CO)[C@@H](OC)[C@H]1O.